The lowest BCUT2D eigenvalue weighted by molar-refractivity contribution is -0.117. The molecule has 6 heteroatoms. The first-order chi connectivity index (χ1) is 9.47. The fraction of sp³-hybridized carbons (Fsp3) is 0.429. The van der Waals surface area contributed by atoms with Crippen molar-refractivity contribution in [3.63, 3.8) is 0 Å². The Morgan fingerprint density at radius 2 is 2.00 bits per heavy atom. The van der Waals surface area contributed by atoms with Crippen LogP contribution in [0.5, 0.6) is 5.75 Å². The van der Waals surface area contributed by atoms with Gasteiger partial charge in [-0.2, -0.15) is 0 Å². The summed E-state index contributed by atoms with van der Waals surface area (Å²) < 4.78 is 9.78. The molecule has 2 atom stereocenters. The standard InChI is InChI=1S/C14H16ClNO4/c1-7-4-8(7)13(17)16-11-6-12(19-2)9(5-10(11)15)14(18)20-3/h5-8H,4H2,1-3H3,(H,16,17)/t7-,8+/m0/s1. The van der Waals surface area contributed by atoms with Crippen molar-refractivity contribution in [2.75, 3.05) is 19.5 Å². The Morgan fingerprint density at radius 1 is 1.35 bits per heavy atom. The minimum atomic E-state index is -0.544. The summed E-state index contributed by atoms with van der Waals surface area (Å²) in [5, 5.41) is 3.03. The first kappa shape index (κ1) is 14.7. The number of nitrogens with one attached hydrogen (secondary N) is 1. The van der Waals surface area contributed by atoms with E-state index >= 15 is 0 Å². The Bertz CT molecular complexity index is 558. The molecule has 0 bridgehead atoms. The number of halogens is 1. The molecule has 2 rings (SSSR count). The van der Waals surface area contributed by atoms with E-state index in [2.05, 4.69) is 10.1 Å². The van der Waals surface area contributed by atoms with Crippen molar-refractivity contribution in [1.29, 1.82) is 0 Å². The number of hydrogen-bond donors (Lipinski definition) is 1. The van der Waals surface area contributed by atoms with Crippen LogP contribution >= 0.6 is 11.6 Å². The van der Waals surface area contributed by atoms with Crippen LogP contribution in [0, 0.1) is 11.8 Å². The van der Waals surface area contributed by atoms with Crippen molar-refractivity contribution >= 4 is 29.2 Å². The summed E-state index contributed by atoms with van der Waals surface area (Å²) in [7, 11) is 2.71. The minimum absolute atomic E-state index is 0.0392. The third-order valence-electron chi connectivity index (χ3n) is 3.40. The molecule has 0 unspecified atom stereocenters. The van der Waals surface area contributed by atoms with E-state index in [0.717, 1.165) is 6.42 Å². The van der Waals surface area contributed by atoms with E-state index < -0.39 is 5.97 Å². The summed E-state index contributed by atoms with van der Waals surface area (Å²) >= 11 is 6.09. The second-order valence-corrected chi connectivity index (χ2v) is 5.24. The summed E-state index contributed by atoms with van der Waals surface area (Å²) in [6.45, 7) is 2.02. The van der Waals surface area contributed by atoms with Crippen molar-refractivity contribution in [2.24, 2.45) is 11.8 Å². The fourth-order valence-corrected chi connectivity index (χ4v) is 2.21. The maximum Gasteiger partial charge on any atom is 0.341 e. The predicted molar refractivity (Wildman–Crippen MR) is 75.2 cm³/mol. The highest BCUT2D eigenvalue weighted by molar-refractivity contribution is 6.34. The van der Waals surface area contributed by atoms with Crippen molar-refractivity contribution in [3.8, 4) is 5.75 Å². The van der Waals surface area contributed by atoms with Crippen LogP contribution in [0.25, 0.3) is 0 Å². The average Bonchev–Trinajstić information content (AvgIpc) is 3.16. The molecule has 20 heavy (non-hydrogen) atoms. The van der Waals surface area contributed by atoms with Gasteiger partial charge in [0.15, 0.2) is 0 Å². The van der Waals surface area contributed by atoms with E-state index in [1.807, 2.05) is 6.92 Å². The Labute approximate surface area is 122 Å². The zero-order valence-corrected chi connectivity index (χ0v) is 12.3. The molecular formula is C14H16ClNO4. The van der Waals surface area contributed by atoms with E-state index in [-0.39, 0.29) is 22.4 Å². The third-order valence-corrected chi connectivity index (χ3v) is 3.71. The fourth-order valence-electron chi connectivity index (χ4n) is 2.00. The van der Waals surface area contributed by atoms with Crippen LogP contribution in [-0.2, 0) is 9.53 Å². The molecule has 1 N–H and O–H groups in total. The molecule has 1 aromatic rings. The molecule has 1 amide bonds. The van der Waals surface area contributed by atoms with E-state index in [9.17, 15) is 9.59 Å². The van der Waals surface area contributed by atoms with Gasteiger partial charge in [0.2, 0.25) is 5.91 Å². The van der Waals surface area contributed by atoms with Crippen LogP contribution < -0.4 is 10.1 Å². The monoisotopic (exact) mass is 297 g/mol. The van der Waals surface area contributed by atoms with Gasteiger partial charge in [-0.3, -0.25) is 4.79 Å². The number of ether oxygens (including phenoxy) is 2. The molecule has 0 radical (unpaired) electrons. The topological polar surface area (TPSA) is 64.6 Å². The molecule has 0 saturated heterocycles. The molecule has 0 aromatic heterocycles. The van der Waals surface area contributed by atoms with Crippen LogP contribution in [-0.4, -0.2) is 26.1 Å². The largest absolute Gasteiger partial charge is 0.496 e. The number of carbonyl (C=O) groups excluding carboxylic acids is 2. The first-order valence-corrected chi connectivity index (χ1v) is 6.62. The Morgan fingerprint density at radius 3 is 2.50 bits per heavy atom. The summed E-state index contributed by atoms with van der Waals surface area (Å²) in [6.07, 6.45) is 0.890. The first-order valence-electron chi connectivity index (χ1n) is 6.24. The Hall–Kier alpha value is -1.75. The van der Waals surface area contributed by atoms with Gasteiger partial charge in [0, 0.05) is 12.0 Å². The van der Waals surface area contributed by atoms with Gasteiger partial charge in [-0.25, -0.2) is 4.79 Å². The average molecular weight is 298 g/mol. The highest BCUT2D eigenvalue weighted by atomic mass is 35.5. The molecular weight excluding hydrogens is 282 g/mol. The number of hydrogen-bond acceptors (Lipinski definition) is 4. The molecule has 108 valence electrons. The van der Waals surface area contributed by atoms with Crippen LogP contribution in [0.1, 0.15) is 23.7 Å². The SMILES string of the molecule is COC(=O)c1cc(Cl)c(NC(=O)[C@@H]2C[C@@H]2C)cc1OC. The molecule has 1 aromatic carbocycles. The maximum absolute atomic E-state index is 11.9. The maximum atomic E-state index is 11.9. The molecule has 0 spiro atoms. The number of methoxy groups -OCH3 is 2. The lowest BCUT2D eigenvalue weighted by Crippen LogP contribution is -2.15. The molecule has 0 heterocycles. The van der Waals surface area contributed by atoms with E-state index in [1.165, 1.54) is 26.4 Å². The zero-order chi connectivity index (χ0) is 14.9. The molecule has 1 saturated carbocycles. The highest BCUT2D eigenvalue weighted by Gasteiger charge is 2.39. The van der Waals surface area contributed by atoms with Crippen LogP contribution in [0.3, 0.4) is 0 Å². The molecule has 1 fully saturated rings. The molecule has 1 aliphatic rings. The van der Waals surface area contributed by atoms with Crippen molar-refractivity contribution in [1.82, 2.24) is 0 Å². The number of carbonyl (C=O) groups is 2. The second kappa shape index (κ2) is 5.71. The molecule has 5 nitrogen and oxygen atoms in total. The number of rotatable bonds is 4. The van der Waals surface area contributed by atoms with E-state index in [1.54, 1.807) is 0 Å². The number of anilines is 1. The predicted octanol–water partition coefficient (Wildman–Crippen LogP) is 2.73. The van der Waals surface area contributed by atoms with Gasteiger partial charge in [0.1, 0.15) is 11.3 Å². The van der Waals surface area contributed by atoms with E-state index in [0.29, 0.717) is 17.4 Å². The Balaban J connectivity index is 2.26. The smallest absolute Gasteiger partial charge is 0.341 e. The third kappa shape index (κ3) is 2.88. The normalized spacial score (nSPS) is 20.2. The van der Waals surface area contributed by atoms with Crippen molar-refractivity contribution < 1.29 is 19.1 Å². The molecule has 1 aliphatic carbocycles. The van der Waals surface area contributed by atoms with Gasteiger partial charge in [0.25, 0.3) is 0 Å². The lowest BCUT2D eigenvalue weighted by atomic mass is 10.1. The number of esters is 1. The van der Waals surface area contributed by atoms with Crippen LogP contribution in [0.4, 0.5) is 5.69 Å². The van der Waals surface area contributed by atoms with Gasteiger partial charge in [-0.15, -0.1) is 0 Å². The van der Waals surface area contributed by atoms with Gasteiger partial charge in [-0.1, -0.05) is 18.5 Å². The van der Waals surface area contributed by atoms with Gasteiger partial charge in [0.05, 0.1) is 24.9 Å². The minimum Gasteiger partial charge on any atom is -0.496 e. The van der Waals surface area contributed by atoms with Gasteiger partial charge >= 0.3 is 5.97 Å². The second-order valence-electron chi connectivity index (χ2n) is 4.83. The van der Waals surface area contributed by atoms with Crippen LogP contribution in [0.15, 0.2) is 12.1 Å². The summed E-state index contributed by atoms with van der Waals surface area (Å²) in [4.78, 5) is 23.5. The van der Waals surface area contributed by atoms with Crippen LogP contribution in [0.2, 0.25) is 5.02 Å². The quantitative estimate of drug-likeness (QED) is 0.868. The van der Waals surface area contributed by atoms with Crippen molar-refractivity contribution in [2.45, 2.75) is 13.3 Å². The van der Waals surface area contributed by atoms with E-state index in [4.69, 9.17) is 16.3 Å². The Kier molecular flexibility index (Phi) is 4.18. The zero-order valence-electron chi connectivity index (χ0n) is 11.5. The summed E-state index contributed by atoms with van der Waals surface area (Å²) in [5.74, 6) is 0.146. The van der Waals surface area contributed by atoms with Gasteiger partial charge in [-0.05, 0) is 18.4 Å². The summed E-state index contributed by atoms with van der Waals surface area (Å²) in [6, 6.07) is 2.96. The molecule has 0 aliphatic heterocycles. The summed E-state index contributed by atoms with van der Waals surface area (Å²) in [5.41, 5.74) is 0.651. The van der Waals surface area contributed by atoms with Crippen molar-refractivity contribution in [3.05, 3.63) is 22.7 Å². The highest BCUT2D eigenvalue weighted by Crippen LogP contribution is 2.39. The lowest BCUT2D eigenvalue weighted by Gasteiger charge is -2.12. The number of benzene rings is 1. The van der Waals surface area contributed by atoms with Gasteiger partial charge < -0.3 is 14.8 Å². The number of amides is 1.